The zero-order valence-corrected chi connectivity index (χ0v) is 17.5. The molecule has 0 unspecified atom stereocenters. The van der Waals surface area contributed by atoms with Crippen LogP contribution in [-0.4, -0.2) is 72.6 Å². The Kier molecular flexibility index (Phi) is 5.42. The molecule has 2 aliphatic rings. The molecule has 0 radical (unpaired) electrons. The number of hydrogen-bond acceptors (Lipinski definition) is 6. The summed E-state index contributed by atoms with van der Waals surface area (Å²) in [6, 6.07) is 4.96. The quantitative estimate of drug-likeness (QED) is 0.780. The molecule has 0 bridgehead atoms. The Bertz CT molecular complexity index is 885. The lowest BCUT2D eigenvalue weighted by atomic mass is 10.00. The van der Waals surface area contributed by atoms with Gasteiger partial charge in [-0.3, -0.25) is 0 Å². The molecule has 2 aromatic heterocycles. The number of hydrogen-bond donors (Lipinski definition) is 0. The lowest BCUT2D eigenvalue weighted by molar-refractivity contribution is 0.127. The number of anilines is 1. The lowest BCUT2D eigenvalue weighted by Crippen LogP contribution is -2.45. The molecule has 0 aliphatic carbocycles. The van der Waals surface area contributed by atoms with Crippen molar-refractivity contribution < 1.29 is 8.42 Å². The van der Waals surface area contributed by atoms with Crippen molar-refractivity contribution in [1.29, 1.82) is 0 Å². The topological polar surface area (TPSA) is 71.3 Å². The van der Waals surface area contributed by atoms with E-state index in [1.165, 1.54) is 0 Å². The van der Waals surface area contributed by atoms with Crippen LogP contribution in [0.25, 0.3) is 11.4 Å². The molecule has 0 amide bonds. The van der Waals surface area contributed by atoms with Crippen molar-refractivity contribution in [1.82, 2.24) is 19.4 Å². The highest BCUT2D eigenvalue weighted by Gasteiger charge is 2.31. The van der Waals surface area contributed by atoms with E-state index in [-0.39, 0.29) is 0 Å². The summed E-state index contributed by atoms with van der Waals surface area (Å²) in [7, 11) is 1.18. The molecule has 8 heteroatoms. The molecule has 2 saturated heterocycles. The van der Waals surface area contributed by atoms with Crippen molar-refractivity contribution in [2.75, 3.05) is 43.6 Å². The maximum atomic E-state index is 11.7. The molecule has 2 fully saturated rings. The molecule has 2 aromatic rings. The van der Waals surface area contributed by atoms with Gasteiger partial charge in [0, 0.05) is 63.4 Å². The summed E-state index contributed by atoms with van der Waals surface area (Å²) in [5.41, 5.74) is 1.04. The summed E-state index contributed by atoms with van der Waals surface area (Å²) in [6.45, 7) is 2.04. The van der Waals surface area contributed by atoms with Gasteiger partial charge in [0.05, 0.1) is 11.5 Å². The molecule has 4 heterocycles. The average molecular weight is 404 g/mol. The van der Waals surface area contributed by atoms with Gasteiger partial charge in [-0.05, 0) is 37.8 Å². The minimum absolute atomic E-state index is 0.346. The molecule has 4 rings (SSSR count). The fourth-order valence-corrected chi connectivity index (χ4v) is 5.85. The van der Waals surface area contributed by atoms with Gasteiger partial charge in [-0.15, -0.1) is 0 Å². The molecule has 0 atom stereocenters. The summed E-state index contributed by atoms with van der Waals surface area (Å²) >= 11 is 0. The van der Waals surface area contributed by atoms with Crippen molar-refractivity contribution >= 4 is 15.7 Å². The van der Waals surface area contributed by atoms with Crippen molar-refractivity contribution in [2.45, 2.75) is 37.8 Å². The van der Waals surface area contributed by atoms with Crippen LogP contribution in [0.1, 0.15) is 31.7 Å². The minimum atomic E-state index is -2.79. The van der Waals surface area contributed by atoms with Crippen LogP contribution in [0.4, 0.5) is 5.82 Å². The van der Waals surface area contributed by atoms with E-state index in [1.54, 1.807) is 0 Å². The molecular weight excluding hydrogens is 374 g/mol. The van der Waals surface area contributed by atoms with Gasteiger partial charge in [0.2, 0.25) is 0 Å². The van der Waals surface area contributed by atoms with E-state index in [0.29, 0.717) is 23.6 Å². The van der Waals surface area contributed by atoms with E-state index < -0.39 is 9.84 Å². The summed E-state index contributed by atoms with van der Waals surface area (Å²) in [6.07, 6.45) is 9.54. The number of aromatic nitrogens is 3. The number of rotatable bonds is 4. The van der Waals surface area contributed by atoms with Gasteiger partial charge in [0.25, 0.3) is 0 Å². The second-order valence-corrected chi connectivity index (χ2v) is 10.4. The number of piperidine rings is 1. The Morgan fingerprint density at radius 1 is 1.00 bits per heavy atom. The first-order valence-electron chi connectivity index (χ1n) is 10.0. The standard InChI is InChI=1S/C20H29N5O2S/c1-23(2)19-4-3-16(15-22-19)20-21-9-12-25(20)18-5-10-24(11-6-18)17-7-13-28(26,27)14-8-17/h3-4,9,12,15,17-18H,5-8,10-11,13-14H2,1-2H3. The first-order valence-corrected chi connectivity index (χ1v) is 11.9. The van der Waals surface area contributed by atoms with Crippen LogP contribution in [0.3, 0.4) is 0 Å². The Hall–Kier alpha value is -1.93. The van der Waals surface area contributed by atoms with Crippen LogP contribution in [-0.2, 0) is 9.84 Å². The maximum absolute atomic E-state index is 11.7. The Balaban J connectivity index is 1.41. The van der Waals surface area contributed by atoms with Gasteiger partial charge in [0.1, 0.15) is 21.5 Å². The van der Waals surface area contributed by atoms with Gasteiger partial charge in [-0.25, -0.2) is 18.4 Å². The van der Waals surface area contributed by atoms with Gasteiger partial charge in [-0.1, -0.05) is 0 Å². The van der Waals surface area contributed by atoms with Crippen molar-refractivity contribution in [3.63, 3.8) is 0 Å². The van der Waals surface area contributed by atoms with Gasteiger partial charge in [-0.2, -0.15) is 0 Å². The summed E-state index contributed by atoms with van der Waals surface area (Å²) in [4.78, 5) is 13.6. The molecule has 0 aromatic carbocycles. The fraction of sp³-hybridized carbons (Fsp3) is 0.600. The third-order valence-electron chi connectivity index (χ3n) is 6.07. The number of nitrogens with zero attached hydrogens (tertiary/aromatic N) is 5. The molecule has 2 aliphatic heterocycles. The molecule has 7 nitrogen and oxygen atoms in total. The maximum Gasteiger partial charge on any atom is 0.150 e. The molecular formula is C20H29N5O2S. The number of likely N-dealkylation sites (tertiary alicyclic amines) is 1. The van der Waals surface area contributed by atoms with Crippen LogP contribution in [0.2, 0.25) is 0 Å². The summed E-state index contributed by atoms with van der Waals surface area (Å²) < 4.78 is 25.6. The number of imidazole rings is 1. The second-order valence-electron chi connectivity index (χ2n) is 8.11. The summed E-state index contributed by atoms with van der Waals surface area (Å²) in [5, 5.41) is 0. The molecule has 0 spiro atoms. The Morgan fingerprint density at radius 3 is 2.32 bits per heavy atom. The Morgan fingerprint density at radius 2 is 1.71 bits per heavy atom. The van der Waals surface area contributed by atoms with Crippen molar-refractivity contribution in [3.8, 4) is 11.4 Å². The zero-order valence-electron chi connectivity index (χ0n) is 16.7. The number of pyridine rings is 1. The van der Waals surface area contributed by atoms with Crippen LogP contribution >= 0.6 is 0 Å². The van der Waals surface area contributed by atoms with Gasteiger partial charge >= 0.3 is 0 Å². The van der Waals surface area contributed by atoms with Crippen LogP contribution in [0, 0.1) is 0 Å². The minimum Gasteiger partial charge on any atom is -0.363 e. The summed E-state index contributed by atoms with van der Waals surface area (Å²) in [5.74, 6) is 2.60. The van der Waals surface area contributed by atoms with E-state index in [1.807, 2.05) is 37.5 Å². The SMILES string of the molecule is CN(C)c1ccc(-c2nccn2C2CCN(C3CCS(=O)(=O)CC3)CC2)cn1. The second kappa shape index (κ2) is 7.83. The monoisotopic (exact) mass is 403 g/mol. The molecule has 28 heavy (non-hydrogen) atoms. The van der Waals surface area contributed by atoms with Crippen LogP contribution < -0.4 is 4.90 Å². The van der Waals surface area contributed by atoms with E-state index in [0.717, 1.165) is 56.0 Å². The number of sulfone groups is 1. The van der Waals surface area contributed by atoms with Crippen LogP contribution in [0.5, 0.6) is 0 Å². The normalized spacial score (nSPS) is 21.6. The van der Waals surface area contributed by atoms with Crippen molar-refractivity contribution in [3.05, 3.63) is 30.7 Å². The smallest absolute Gasteiger partial charge is 0.150 e. The van der Waals surface area contributed by atoms with E-state index in [4.69, 9.17) is 0 Å². The fourth-order valence-electron chi connectivity index (χ4n) is 4.39. The van der Waals surface area contributed by atoms with Crippen molar-refractivity contribution in [2.24, 2.45) is 0 Å². The highest BCUT2D eigenvalue weighted by atomic mass is 32.2. The van der Waals surface area contributed by atoms with Gasteiger partial charge in [0.15, 0.2) is 0 Å². The Labute approximate surface area is 167 Å². The zero-order chi connectivity index (χ0) is 19.7. The molecule has 0 N–H and O–H groups in total. The molecule has 152 valence electrons. The van der Waals surface area contributed by atoms with Gasteiger partial charge < -0.3 is 14.4 Å². The molecule has 0 saturated carbocycles. The first kappa shape index (κ1) is 19.4. The largest absolute Gasteiger partial charge is 0.363 e. The third kappa shape index (κ3) is 4.07. The predicted octanol–water partition coefficient (Wildman–Crippen LogP) is 2.23. The highest BCUT2D eigenvalue weighted by molar-refractivity contribution is 7.91. The predicted molar refractivity (Wildman–Crippen MR) is 111 cm³/mol. The van der Waals surface area contributed by atoms with Crippen LogP contribution in [0.15, 0.2) is 30.7 Å². The van der Waals surface area contributed by atoms with E-state index in [9.17, 15) is 8.42 Å². The average Bonchev–Trinajstić information content (AvgIpc) is 3.18. The first-order chi connectivity index (χ1) is 13.4. The van der Waals surface area contributed by atoms with E-state index >= 15 is 0 Å². The third-order valence-corrected chi connectivity index (χ3v) is 7.78. The highest BCUT2D eigenvalue weighted by Crippen LogP contribution is 2.30. The lowest BCUT2D eigenvalue weighted by Gasteiger charge is -2.39. The van der Waals surface area contributed by atoms with E-state index in [2.05, 4.69) is 31.7 Å².